The number of unbranched alkanes of at least 4 members (excludes halogenated alkanes) is 18. The monoisotopic (exact) mass is 795 g/mol. The Hall–Kier alpha value is -3.15. The van der Waals surface area contributed by atoms with Gasteiger partial charge in [0, 0.05) is 19.3 Å². The highest BCUT2D eigenvalue weighted by molar-refractivity contribution is 5.71. The van der Waals surface area contributed by atoms with E-state index >= 15 is 0 Å². The molecule has 0 saturated carbocycles. The van der Waals surface area contributed by atoms with E-state index in [1.807, 2.05) is 0 Å². The van der Waals surface area contributed by atoms with Gasteiger partial charge in [0.2, 0.25) is 0 Å². The van der Waals surface area contributed by atoms with Gasteiger partial charge in [-0.1, -0.05) is 184 Å². The number of hydrogen-bond acceptors (Lipinski definition) is 6. The molecule has 0 aliphatic rings. The van der Waals surface area contributed by atoms with Crippen LogP contribution in [0.1, 0.15) is 213 Å². The van der Waals surface area contributed by atoms with Crippen molar-refractivity contribution in [2.45, 2.75) is 219 Å². The van der Waals surface area contributed by atoms with Crippen LogP contribution in [-0.4, -0.2) is 37.2 Å². The lowest BCUT2D eigenvalue weighted by Gasteiger charge is -2.18. The smallest absolute Gasteiger partial charge is 0.306 e. The van der Waals surface area contributed by atoms with Crippen molar-refractivity contribution >= 4 is 17.9 Å². The van der Waals surface area contributed by atoms with Crippen LogP contribution in [0.3, 0.4) is 0 Å². The average Bonchev–Trinajstić information content (AvgIpc) is 3.21. The van der Waals surface area contributed by atoms with E-state index in [9.17, 15) is 14.4 Å². The third-order valence-corrected chi connectivity index (χ3v) is 9.71. The van der Waals surface area contributed by atoms with Gasteiger partial charge in [-0.2, -0.15) is 0 Å². The van der Waals surface area contributed by atoms with E-state index in [2.05, 4.69) is 93.7 Å². The Balaban J connectivity index is 4.42. The molecule has 6 nitrogen and oxygen atoms in total. The highest BCUT2D eigenvalue weighted by atomic mass is 16.6. The zero-order valence-electron chi connectivity index (χ0n) is 37.1. The zero-order chi connectivity index (χ0) is 41.5. The van der Waals surface area contributed by atoms with Crippen molar-refractivity contribution in [3.8, 4) is 0 Å². The largest absolute Gasteiger partial charge is 0.462 e. The van der Waals surface area contributed by atoms with Crippen molar-refractivity contribution in [3.63, 3.8) is 0 Å². The predicted octanol–water partition coefficient (Wildman–Crippen LogP) is 15.1. The first-order chi connectivity index (χ1) is 28.0. The lowest BCUT2D eigenvalue weighted by atomic mass is 10.0. The molecule has 57 heavy (non-hydrogen) atoms. The second-order valence-corrected chi connectivity index (χ2v) is 15.3. The van der Waals surface area contributed by atoms with E-state index in [1.165, 1.54) is 70.6 Å². The molecule has 0 aromatic rings. The first-order valence-corrected chi connectivity index (χ1v) is 23.4. The van der Waals surface area contributed by atoms with Gasteiger partial charge in [-0.3, -0.25) is 14.4 Å². The summed E-state index contributed by atoms with van der Waals surface area (Å²) >= 11 is 0. The zero-order valence-corrected chi connectivity index (χ0v) is 37.1. The Bertz CT molecular complexity index is 1100. The Morgan fingerprint density at radius 2 is 0.684 bits per heavy atom. The maximum absolute atomic E-state index is 12.7. The number of esters is 3. The van der Waals surface area contributed by atoms with E-state index in [4.69, 9.17) is 14.2 Å². The molecule has 0 spiro atoms. The minimum Gasteiger partial charge on any atom is -0.462 e. The molecular weight excluding hydrogens is 709 g/mol. The van der Waals surface area contributed by atoms with Gasteiger partial charge >= 0.3 is 17.9 Å². The molecule has 0 aliphatic heterocycles. The Morgan fingerprint density at radius 3 is 1.11 bits per heavy atom. The van der Waals surface area contributed by atoms with Crippen LogP contribution in [0.25, 0.3) is 0 Å². The molecule has 0 aromatic carbocycles. The summed E-state index contributed by atoms with van der Waals surface area (Å²) in [6, 6.07) is 0. The molecule has 0 N–H and O–H groups in total. The normalized spacial score (nSPS) is 12.7. The van der Waals surface area contributed by atoms with Gasteiger partial charge in [-0.05, 0) is 83.5 Å². The van der Waals surface area contributed by atoms with Gasteiger partial charge in [0.1, 0.15) is 13.2 Å². The second kappa shape index (κ2) is 45.6. The molecule has 6 heteroatoms. The van der Waals surface area contributed by atoms with Crippen LogP contribution >= 0.6 is 0 Å². The van der Waals surface area contributed by atoms with Gasteiger partial charge in [0.05, 0.1) is 0 Å². The molecule has 1 unspecified atom stereocenters. The lowest BCUT2D eigenvalue weighted by Crippen LogP contribution is -2.30. The second-order valence-electron chi connectivity index (χ2n) is 15.3. The van der Waals surface area contributed by atoms with E-state index < -0.39 is 6.10 Å². The Morgan fingerprint density at radius 1 is 0.368 bits per heavy atom. The van der Waals surface area contributed by atoms with E-state index in [0.29, 0.717) is 19.3 Å². The van der Waals surface area contributed by atoms with Gasteiger partial charge in [-0.25, -0.2) is 0 Å². The molecule has 1 atom stereocenters. The summed E-state index contributed by atoms with van der Waals surface area (Å²) in [6.07, 6.45) is 56.1. The number of ether oxygens (including phenoxy) is 3. The first-order valence-electron chi connectivity index (χ1n) is 23.4. The minimum atomic E-state index is -0.797. The number of carbonyl (C=O) groups excluding carboxylic acids is 3. The molecule has 0 bridgehead atoms. The van der Waals surface area contributed by atoms with Gasteiger partial charge < -0.3 is 14.2 Å². The number of rotatable bonds is 41. The van der Waals surface area contributed by atoms with Gasteiger partial charge in [-0.15, -0.1) is 0 Å². The first kappa shape index (κ1) is 53.9. The molecule has 0 aromatic heterocycles. The molecule has 0 heterocycles. The van der Waals surface area contributed by atoms with E-state index in [1.54, 1.807) is 0 Å². The van der Waals surface area contributed by atoms with Crippen molar-refractivity contribution < 1.29 is 28.6 Å². The summed E-state index contributed by atoms with van der Waals surface area (Å²) in [5.74, 6) is -0.969. The summed E-state index contributed by atoms with van der Waals surface area (Å²) in [5, 5.41) is 0. The summed E-state index contributed by atoms with van der Waals surface area (Å²) in [6.45, 7) is 6.33. The van der Waals surface area contributed by atoms with Crippen LogP contribution < -0.4 is 0 Å². The molecule has 0 rings (SSSR count). The lowest BCUT2D eigenvalue weighted by molar-refractivity contribution is -0.167. The highest BCUT2D eigenvalue weighted by Crippen LogP contribution is 2.14. The van der Waals surface area contributed by atoms with Crippen molar-refractivity contribution in [2.75, 3.05) is 13.2 Å². The fraction of sp³-hybridized carbons (Fsp3) is 0.706. The van der Waals surface area contributed by atoms with E-state index in [-0.39, 0.29) is 31.1 Å². The van der Waals surface area contributed by atoms with Crippen molar-refractivity contribution in [1.29, 1.82) is 0 Å². The van der Waals surface area contributed by atoms with Gasteiger partial charge in [0.15, 0.2) is 6.10 Å². The van der Waals surface area contributed by atoms with Crippen molar-refractivity contribution in [3.05, 3.63) is 72.9 Å². The van der Waals surface area contributed by atoms with Crippen LogP contribution in [0.2, 0.25) is 0 Å². The predicted molar refractivity (Wildman–Crippen MR) is 242 cm³/mol. The maximum atomic E-state index is 12.7. The quantitative estimate of drug-likeness (QED) is 0.0265. The Kier molecular flexibility index (Phi) is 43.0. The van der Waals surface area contributed by atoms with Crippen LogP contribution in [0.5, 0.6) is 0 Å². The van der Waals surface area contributed by atoms with Crippen LogP contribution in [0.4, 0.5) is 0 Å². The fourth-order valence-corrected chi connectivity index (χ4v) is 6.23. The third kappa shape index (κ3) is 43.8. The minimum absolute atomic E-state index is 0.101. The number of carbonyl (C=O) groups is 3. The SMILES string of the molecule is CC/C=C\C/C=C\C/C=C\C/C=C\CCCCCC(=O)OCC(COC(=O)CCCC/C=C\C/C=C\CC)OC(=O)CCCCCCCCCCCCCCCC. The molecule has 0 aliphatic carbocycles. The summed E-state index contributed by atoms with van der Waals surface area (Å²) in [4.78, 5) is 37.7. The van der Waals surface area contributed by atoms with Crippen LogP contribution in [0, 0.1) is 0 Å². The molecule has 0 amide bonds. The van der Waals surface area contributed by atoms with Crippen LogP contribution in [0.15, 0.2) is 72.9 Å². The van der Waals surface area contributed by atoms with E-state index in [0.717, 1.165) is 103 Å². The summed E-state index contributed by atoms with van der Waals surface area (Å²) in [7, 11) is 0. The molecule has 0 radical (unpaired) electrons. The number of hydrogen-bond donors (Lipinski definition) is 0. The Labute approximate surface area is 351 Å². The molecular formula is C51H86O6. The van der Waals surface area contributed by atoms with Crippen LogP contribution in [-0.2, 0) is 28.6 Å². The third-order valence-electron chi connectivity index (χ3n) is 9.71. The maximum Gasteiger partial charge on any atom is 0.306 e. The fourth-order valence-electron chi connectivity index (χ4n) is 6.23. The summed E-state index contributed by atoms with van der Waals surface area (Å²) in [5.41, 5.74) is 0. The molecule has 0 saturated heterocycles. The standard InChI is InChI=1S/C51H86O6/c1-4-7-10-13-16-19-21-23-25-26-28-29-32-35-38-41-44-50(53)56-47-48(46-55-49(52)43-40-37-34-31-18-15-12-9-6-3)57-51(54)45-42-39-36-33-30-27-24-22-20-17-14-11-8-5-2/h7,9-10,12,16,18-19,23,25,28-29,31,48H,4-6,8,11,13-15,17,20-22,24,26-27,30,32-47H2,1-3H3/b10-7-,12-9-,19-16-,25-23-,29-28-,31-18-. The average molecular weight is 795 g/mol. The topological polar surface area (TPSA) is 78.9 Å². The number of allylic oxidation sites excluding steroid dienone is 12. The van der Waals surface area contributed by atoms with Gasteiger partial charge in [0.25, 0.3) is 0 Å². The highest BCUT2D eigenvalue weighted by Gasteiger charge is 2.19. The molecule has 326 valence electrons. The van der Waals surface area contributed by atoms with Crippen molar-refractivity contribution in [1.82, 2.24) is 0 Å². The molecule has 0 fully saturated rings. The summed E-state index contributed by atoms with van der Waals surface area (Å²) < 4.78 is 16.7. The van der Waals surface area contributed by atoms with Crippen molar-refractivity contribution in [2.24, 2.45) is 0 Å².